The van der Waals surface area contributed by atoms with Gasteiger partial charge in [-0.3, -0.25) is 4.79 Å². The lowest BCUT2D eigenvalue weighted by atomic mass is 10.0. The maximum Gasteiger partial charge on any atom is 0.341 e. The van der Waals surface area contributed by atoms with Crippen molar-refractivity contribution in [2.24, 2.45) is 0 Å². The molecule has 0 aliphatic rings. The fourth-order valence-electron chi connectivity index (χ4n) is 3.92. The number of benzene rings is 2. The molecule has 0 fully saturated rings. The van der Waals surface area contributed by atoms with E-state index in [1.165, 1.54) is 7.11 Å². The van der Waals surface area contributed by atoms with Gasteiger partial charge in [-0.25, -0.2) is 9.59 Å². The molecule has 168 valence electrons. The number of methoxy groups -OCH3 is 1. The molecule has 7 heteroatoms. The van der Waals surface area contributed by atoms with Gasteiger partial charge in [0.1, 0.15) is 22.6 Å². The van der Waals surface area contributed by atoms with Crippen molar-refractivity contribution in [3.63, 3.8) is 0 Å². The Balaban J connectivity index is 2.10. The number of ketones is 1. The third-order valence-electron chi connectivity index (χ3n) is 5.35. The van der Waals surface area contributed by atoms with Crippen LogP contribution < -0.4 is 4.74 Å². The van der Waals surface area contributed by atoms with Crippen LogP contribution in [0.3, 0.4) is 0 Å². The van der Waals surface area contributed by atoms with Crippen LogP contribution in [0.15, 0.2) is 60.8 Å². The van der Waals surface area contributed by atoms with Crippen molar-refractivity contribution in [1.29, 1.82) is 0 Å². The largest absolute Gasteiger partial charge is 0.497 e. The summed E-state index contributed by atoms with van der Waals surface area (Å²) in [6.07, 6.45) is 1.68. The van der Waals surface area contributed by atoms with E-state index in [9.17, 15) is 14.4 Å². The molecule has 0 spiro atoms. The highest BCUT2D eigenvalue weighted by Crippen LogP contribution is 2.33. The molecule has 0 aliphatic heterocycles. The Morgan fingerprint density at radius 3 is 2.09 bits per heavy atom. The molecule has 0 amide bonds. The predicted octanol–water partition coefficient (Wildman–Crippen LogP) is 4.69. The number of pyridine rings is 1. The summed E-state index contributed by atoms with van der Waals surface area (Å²) >= 11 is 0. The zero-order chi connectivity index (χ0) is 23.5. The number of hydrogen-bond acceptors (Lipinski definition) is 6. The maximum absolute atomic E-state index is 13.7. The molecule has 2 aromatic carbocycles. The van der Waals surface area contributed by atoms with Crippen molar-refractivity contribution in [2.45, 2.75) is 13.8 Å². The van der Waals surface area contributed by atoms with Gasteiger partial charge in [-0.05, 0) is 49.6 Å². The fourth-order valence-corrected chi connectivity index (χ4v) is 3.92. The Labute approximate surface area is 190 Å². The second kappa shape index (κ2) is 9.16. The Kier molecular flexibility index (Phi) is 6.13. The number of nitrogens with zero attached hydrogens (tertiary/aromatic N) is 1. The van der Waals surface area contributed by atoms with E-state index < -0.39 is 17.7 Å². The summed E-state index contributed by atoms with van der Waals surface area (Å²) in [5, 5.41) is 1.56. The van der Waals surface area contributed by atoms with E-state index >= 15 is 0 Å². The molecule has 0 saturated carbocycles. The standard InChI is InChI=1S/C26H23NO6/c1-4-32-25(29)20-21(26(30)33-5-2)23(24(28)17-10-12-18(31-3)13-11-17)27-15-14-16-8-6-7-9-19(16)22(20)27/h6-15H,4-5H2,1-3H3. The van der Waals surface area contributed by atoms with Crippen LogP contribution in [0.2, 0.25) is 0 Å². The van der Waals surface area contributed by atoms with E-state index in [2.05, 4.69) is 0 Å². The first kappa shape index (κ1) is 22.1. The molecule has 0 saturated heterocycles. The summed E-state index contributed by atoms with van der Waals surface area (Å²) in [6.45, 7) is 3.55. The van der Waals surface area contributed by atoms with Gasteiger partial charge in [0.25, 0.3) is 0 Å². The molecule has 0 N–H and O–H groups in total. The van der Waals surface area contributed by atoms with Gasteiger partial charge in [0.15, 0.2) is 0 Å². The first-order valence-electron chi connectivity index (χ1n) is 10.6. The zero-order valence-corrected chi connectivity index (χ0v) is 18.6. The molecule has 0 unspecified atom stereocenters. The summed E-state index contributed by atoms with van der Waals surface area (Å²) in [4.78, 5) is 39.9. The van der Waals surface area contributed by atoms with Gasteiger partial charge in [0, 0.05) is 17.1 Å². The van der Waals surface area contributed by atoms with Crippen LogP contribution in [0.25, 0.3) is 16.3 Å². The van der Waals surface area contributed by atoms with Gasteiger partial charge in [-0.15, -0.1) is 0 Å². The van der Waals surface area contributed by atoms with Gasteiger partial charge < -0.3 is 18.6 Å². The molecule has 0 radical (unpaired) electrons. The minimum Gasteiger partial charge on any atom is -0.497 e. The second-order valence-electron chi connectivity index (χ2n) is 7.22. The summed E-state index contributed by atoms with van der Waals surface area (Å²) in [5.74, 6) is -1.29. The van der Waals surface area contributed by atoms with Crippen molar-refractivity contribution in [3.8, 4) is 5.75 Å². The number of carbonyl (C=O) groups is 3. The number of rotatable bonds is 7. The normalized spacial score (nSPS) is 10.9. The molecule has 7 nitrogen and oxygen atoms in total. The SMILES string of the molecule is CCOC(=O)c1c(C(=O)OCC)c2c3ccccc3ccn2c1C(=O)c1ccc(OC)cc1. The van der Waals surface area contributed by atoms with E-state index in [0.717, 1.165) is 5.39 Å². The average Bonchev–Trinajstić information content (AvgIpc) is 3.20. The lowest BCUT2D eigenvalue weighted by Crippen LogP contribution is -2.16. The Bertz CT molecular complexity index is 1370. The van der Waals surface area contributed by atoms with Crippen LogP contribution in [0, 0.1) is 0 Å². The van der Waals surface area contributed by atoms with Crippen molar-refractivity contribution in [1.82, 2.24) is 4.40 Å². The molecule has 33 heavy (non-hydrogen) atoms. The first-order chi connectivity index (χ1) is 16.0. The molecule has 4 rings (SSSR count). The Hall–Kier alpha value is -4.13. The minimum absolute atomic E-state index is 0.0176. The van der Waals surface area contributed by atoms with Gasteiger partial charge in [0.05, 0.1) is 25.8 Å². The van der Waals surface area contributed by atoms with Crippen LogP contribution in [-0.4, -0.2) is 42.4 Å². The number of carbonyl (C=O) groups excluding carboxylic acids is 3. The van der Waals surface area contributed by atoms with Crippen LogP contribution in [-0.2, 0) is 9.47 Å². The predicted molar refractivity (Wildman–Crippen MR) is 123 cm³/mol. The molecule has 0 aliphatic carbocycles. The van der Waals surface area contributed by atoms with Crippen LogP contribution >= 0.6 is 0 Å². The molecule has 0 atom stereocenters. The van der Waals surface area contributed by atoms with E-state index in [1.807, 2.05) is 30.3 Å². The third kappa shape index (κ3) is 3.82. The number of fused-ring (bicyclic) bond motifs is 3. The molecule has 4 aromatic rings. The fraction of sp³-hybridized carbons (Fsp3) is 0.192. The molecular formula is C26H23NO6. The lowest BCUT2D eigenvalue weighted by molar-refractivity contribution is 0.0480. The summed E-state index contributed by atoms with van der Waals surface area (Å²) in [7, 11) is 1.53. The molecule has 0 bridgehead atoms. The second-order valence-corrected chi connectivity index (χ2v) is 7.22. The van der Waals surface area contributed by atoms with Crippen molar-refractivity contribution < 1.29 is 28.6 Å². The zero-order valence-electron chi connectivity index (χ0n) is 18.6. The molecule has 2 aromatic heterocycles. The first-order valence-corrected chi connectivity index (χ1v) is 10.6. The van der Waals surface area contributed by atoms with E-state index in [4.69, 9.17) is 14.2 Å². The van der Waals surface area contributed by atoms with E-state index in [-0.39, 0.29) is 30.0 Å². The average molecular weight is 445 g/mol. The van der Waals surface area contributed by atoms with Gasteiger partial charge in [-0.1, -0.05) is 24.3 Å². The van der Waals surface area contributed by atoms with Crippen molar-refractivity contribution in [2.75, 3.05) is 20.3 Å². The minimum atomic E-state index is -0.759. The van der Waals surface area contributed by atoms with Crippen LogP contribution in [0.5, 0.6) is 5.75 Å². The monoisotopic (exact) mass is 445 g/mol. The Morgan fingerprint density at radius 1 is 0.818 bits per heavy atom. The topological polar surface area (TPSA) is 83.3 Å². The van der Waals surface area contributed by atoms with Gasteiger partial charge >= 0.3 is 11.9 Å². The number of aromatic nitrogens is 1. The van der Waals surface area contributed by atoms with Crippen molar-refractivity contribution >= 4 is 34.0 Å². The lowest BCUT2D eigenvalue weighted by Gasteiger charge is -2.08. The highest BCUT2D eigenvalue weighted by atomic mass is 16.5. The van der Waals surface area contributed by atoms with Gasteiger partial charge in [0.2, 0.25) is 5.78 Å². The van der Waals surface area contributed by atoms with Crippen molar-refractivity contribution in [3.05, 3.63) is 83.2 Å². The van der Waals surface area contributed by atoms with E-state index in [1.54, 1.807) is 48.7 Å². The summed E-state index contributed by atoms with van der Waals surface area (Å²) in [6, 6.07) is 15.8. The highest BCUT2D eigenvalue weighted by Gasteiger charge is 2.34. The summed E-state index contributed by atoms with van der Waals surface area (Å²) in [5.41, 5.74) is 0.717. The van der Waals surface area contributed by atoms with Crippen LogP contribution in [0.4, 0.5) is 0 Å². The number of hydrogen-bond donors (Lipinski definition) is 0. The maximum atomic E-state index is 13.7. The quantitative estimate of drug-likeness (QED) is 0.303. The van der Waals surface area contributed by atoms with Crippen LogP contribution in [0.1, 0.15) is 50.6 Å². The molecule has 2 heterocycles. The third-order valence-corrected chi connectivity index (χ3v) is 5.35. The number of ether oxygens (including phenoxy) is 3. The highest BCUT2D eigenvalue weighted by molar-refractivity contribution is 6.22. The summed E-state index contributed by atoms with van der Waals surface area (Å²) < 4.78 is 17.3. The van der Waals surface area contributed by atoms with Gasteiger partial charge in [-0.2, -0.15) is 0 Å². The number of esters is 2. The smallest absolute Gasteiger partial charge is 0.341 e. The molecular weight excluding hydrogens is 422 g/mol. The van der Waals surface area contributed by atoms with E-state index in [0.29, 0.717) is 22.2 Å². The Morgan fingerprint density at radius 2 is 1.45 bits per heavy atom.